The molecule has 148 valence electrons. The number of rotatable bonds is 5. The van der Waals surface area contributed by atoms with Crippen molar-refractivity contribution in [2.45, 2.75) is 44.8 Å². The van der Waals surface area contributed by atoms with E-state index in [2.05, 4.69) is 20.3 Å². The van der Waals surface area contributed by atoms with Crippen molar-refractivity contribution in [3.63, 3.8) is 0 Å². The molecule has 4 saturated carbocycles. The largest absolute Gasteiger partial charge is 0.435 e. The molecule has 0 saturated heterocycles. The summed E-state index contributed by atoms with van der Waals surface area (Å²) in [6.45, 7) is -2.85. The molecule has 2 aromatic rings. The Hall–Kier alpha value is -2.44. The zero-order chi connectivity index (χ0) is 19.3. The predicted molar refractivity (Wildman–Crippen MR) is 99.0 cm³/mol. The van der Waals surface area contributed by atoms with Gasteiger partial charge in [0.2, 0.25) is 0 Å². The van der Waals surface area contributed by atoms with Crippen molar-refractivity contribution in [2.24, 2.45) is 23.7 Å². The van der Waals surface area contributed by atoms with Crippen molar-refractivity contribution in [3.05, 3.63) is 36.0 Å². The van der Waals surface area contributed by atoms with Gasteiger partial charge >= 0.3 is 6.61 Å². The molecule has 28 heavy (non-hydrogen) atoms. The predicted octanol–water partition coefficient (Wildman–Crippen LogP) is 4.23. The highest BCUT2D eigenvalue weighted by molar-refractivity contribution is 5.93. The second-order valence-electron chi connectivity index (χ2n) is 8.50. The van der Waals surface area contributed by atoms with Gasteiger partial charge in [0.05, 0.1) is 5.69 Å². The number of aromatic amines is 1. The molecular weight excluding hydrogens is 364 g/mol. The third-order valence-electron chi connectivity index (χ3n) is 6.72. The van der Waals surface area contributed by atoms with Crippen LogP contribution in [0.2, 0.25) is 0 Å². The second-order valence-corrected chi connectivity index (χ2v) is 8.50. The Labute approximate surface area is 161 Å². The number of H-pyrrole nitrogens is 1. The maximum Gasteiger partial charge on any atom is 0.387 e. The summed E-state index contributed by atoms with van der Waals surface area (Å²) < 4.78 is 28.9. The first-order chi connectivity index (χ1) is 13.5. The molecule has 1 amide bonds. The molecule has 0 atom stereocenters. The van der Waals surface area contributed by atoms with Crippen molar-refractivity contribution in [3.8, 4) is 17.0 Å². The maximum atomic E-state index is 12.8. The fourth-order valence-corrected chi connectivity index (χ4v) is 5.78. The van der Waals surface area contributed by atoms with Crippen molar-refractivity contribution >= 4 is 5.91 Å². The highest BCUT2D eigenvalue weighted by Crippen LogP contribution is 2.53. The van der Waals surface area contributed by atoms with Crippen LogP contribution in [0.25, 0.3) is 11.3 Å². The number of benzene rings is 1. The molecule has 7 heteroatoms. The van der Waals surface area contributed by atoms with Crippen molar-refractivity contribution in [1.29, 1.82) is 0 Å². The standard InChI is InChI=1S/C21H23F2N3O2/c22-21(23)28-16-3-1-13(2-4-16)17-10-18(26-25-17)20(27)24-19-14-6-11-5-12(8-14)9-15(19)7-11/h1-4,10-12,14-15,19,21H,5-9H2,(H,24,27)(H,25,26). The van der Waals surface area contributed by atoms with Crippen molar-refractivity contribution < 1.29 is 18.3 Å². The van der Waals surface area contributed by atoms with E-state index in [1.54, 1.807) is 18.2 Å². The van der Waals surface area contributed by atoms with Crippen LogP contribution in [0.5, 0.6) is 5.75 Å². The molecule has 1 heterocycles. The van der Waals surface area contributed by atoms with E-state index in [0.29, 0.717) is 23.2 Å². The van der Waals surface area contributed by atoms with Gasteiger partial charge in [0, 0.05) is 11.6 Å². The van der Waals surface area contributed by atoms with Crippen LogP contribution < -0.4 is 10.1 Å². The summed E-state index contributed by atoms with van der Waals surface area (Å²) in [5.74, 6) is 2.94. The van der Waals surface area contributed by atoms with Gasteiger partial charge in [-0.3, -0.25) is 9.89 Å². The summed E-state index contributed by atoms with van der Waals surface area (Å²) >= 11 is 0. The number of aromatic nitrogens is 2. The van der Waals surface area contributed by atoms with Gasteiger partial charge in [-0.15, -0.1) is 0 Å². The molecule has 1 aromatic carbocycles. The quantitative estimate of drug-likeness (QED) is 0.807. The number of amides is 1. The Balaban J connectivity index is 1.26. The van der Waals surface area contributed by atoms with Gasteiger partial charge in [-0.25, -0.2) is 0 Å². The lowest BCUT2D eigenvalue weighted by molar-refractivity contribution is -0.0498. The van der Waals surface area contributed by atoms with Crippen molar-refractivity contribution in [2.75, 3.05) is 0 Å². The van der Waals surface area contributed by atoms with E-state index < -0.39 is 6.61 Å². The average Bonchev–Trinajstić information content (AvgIpc) is 3.14. The molecule has 0 aliphatic heterocycles. The molecule has 4 aliphatic rings. The molecular formula is C21H23F2N3O2. The molecule has 5 nitrogen and oxygen atoms in total. The molecule has 4 aliphatic carbocycles. The Morgan fingerprint density at radius 1 is 1.07 bits per heavy atom. The van der Waals surface area contributed by atoms with Gasteiger partial charge < -0.3 is 10.1 Å². The zero-order valence-corrected chi connectivity index (χ0v) is 15.4. The fraction of sp³-hybridized carbons (Fsp3) is 0.524. The van der Waals surface area contributed by atoms with Crippen LogP contribution >= 0.6 is 0 Å². The number of alkyl halides is 2. The van der Waals surface area contributed by atoms with Gasteiger partial charge in [-0.1, -0.05) is 0 Å². The molecule has 0 spiro atoms. The first-order valence-electron chi connectivity index (χ1n) is 9.96. The molecule has 1 aromatic heterocycles. The van der Waals surface area contributed by atoms with Crippen LogP contribution in [0.4, 0.5) is 8.78 Å². The lowest BCUT2D eigenvalue weighted by atomic mass is 9.54. The van der Waals surface area contributed by atoms with Crippen LogP contribution in [-0.2, 0) is 0 Å². The summed E-state index contributed by atoms with van der Waals surface area (Å²) in [6, 6.07) is 8.20. The van der Waals surface area contributed by atoms with Gasteiger partial charge in [0.15, 0.2) is 0 Å². The normalized spacial score (nSPS) is 30.6. The SMILES string of the molecule is O=C(NC1C2CC3CC(C2)CC1C3)c1cc(-c2ccc(OC(F)F)cc2)n[nH]1. The number of halogens is 2. The Kier molecular flexibility index (Phi) is 4.33. The molecule has 0 radical (unpaired) electrons. The minimum Gasteiger partial charge on any atom is -0.435 e. The zero-order valence-electron chi connectivity index (χ0n) is 15.4. The summed E-state index contributed by atoms with van der Waals surface area (Å²) in [7, 11) is 0. The van der Waals surface area contributed by atoms with E-state index in [1.807, 2.05) is 0 Å². The molecule has 6 rings (SSSR count). The topological polar surface area (TPSA) is 67.0 Å². The lowest BCUT2D eigenvalue weighted by Gasteiger charge is -2.54. The van der Waals surface area contributed by atoms with E-state index in [9.17, 15) is 13.6 Å². The highest BCUT2D eigenvalue weighted by Gasteiger charge is 2.48. The van der Waals surface area contributed by atoms with Crippen LogP contribution in [0.1, 0.15) is 42.6 Å². The molecule has 2 N–H and O–H groups in total. The minimum atomic E-state index is -2.85. The Morgan fingerprint density at radius 2 is 1.71 bits per heavy atom. The number of carbonyl (C=O) groups is 1. The summed E-state index contributed by atoms with van der Waals surface area (Å²) in [5.41, 5.74) is 1.75. The first kappa shape index (κ1) is 17.6. The number of hydrogen-bond donors (Lipinski definition) is 2. The van der Waals surface area contributed by atoms with Crippen LogP contribution in [0.15, 0.2) is 30.3 Å². The minimum absolute atomic E-state index is 0.0918. The summed E-state index contributed by atoms with van der Waals surface area (Å²) in [5, 5.41) is 10.3. The average molecular weight is 387 g/mol. The summed E-state index contributed by atoms with van der Waals surface area (Å²) in [6.07, 6.45) is 6.38. The van der Waals surface area contributed by atoms with E-state index in [1.165, 1.54) is 44.2 Å². The van der Waals surface area contributed by atoms with Gasteiger partial charge in [0.1, 0.15) is 11.4 Å². The smallest absolute Gasteiger partial charge is 0.387 e. The first-order valence-corrected chi connectivity index (χ1v) is 9.96. The fourth-order valence-electron chi connectivity index (χ4n) is 5.78. The van der Waals surface area contributed by atoms with E-state index in [-0.39, 0.29) is 17.7 Å². The number of carbonyl (C=O) groups excluding carboxylic acids is 1. The van der Waals surface area contributed by atoms with Gasteiger partial charge in [-0.05, 0) is 86.1 Å². The van der Waals surface area contributed by atoms with Crippen molar-refractivity contribution in [1.82, 2.24) is 15.5 Å². The summed E-state index contributed by atoms with van der Waals surface area (Å²) in [4.78, 5) is 12.8. The Bertz CT molecular complexity index is 837. The van der Waals surface area contributed by atoms with Crippen LogP contribution in [0, 0.1) is 23.7 Å². The third kappa shape index (κ3) is 3.27. The van der Waals surface area contributed by atoms with Gasteiger partial charge in [-0.2, -0.15) is 13.9 Å². The third-order valence-corrected chi connectivity index (χ3v) is 6.72. The van der Waals surface area contributed by atoms with Gasteiger partial charge in [0.25, 0.3) is 5.91 Å². The van der Waals surface area contributed by atoms with E-state index in [0.717, 1.165) is 17.4 Å². The lowest BCUT2D eigenvalue weighted by Crippen LogP contribution is -2.55. The second kappa shape index (κ2) is 6.87. The Morgan fingerprint density at radius 3 is 2.32 bits per heavy atom. The maximum absolute atomic E-state index is 12.8. The molecule has 4 bridgehead atoms. The molecule has 4 fully saturated rings. The monoisotopic (exact) mass is 387 g/mol. The highest BCUT2D eigenvalue weighted by atomic mass is 19.3. The van der Waals surface area contributed by atoms with E-state index >= 15 is 0 Å². The molecule has 0 unspecified atom stereocenters. The van der Waals surface area contributed by atoms with Crippen LogP contribution in [-0.4, -0.2) is 28.8 Å². The number of hydrogen-bond acceptors (Lipinski definition) is 3. The number of ether oxygens (including phenoxy) is 1. The van der Waals surface area contributed by atoms with Crippen LogP contribution in [0.3, 0.4) is 0 Å². The van der Waals surface area contributed by atoms with E-state index in [4.69, 9.17) is 0 Å². The number of nitrogens with zero attached hydrogens (tertiary/aromatic N) is 1. The number of nitrogens with one attached hydrogen (secondary N) is 2.